The van der Waals surface area contributed by atoms with Crippen LogP contribution >= 0.6 is 22.9 Å². The van der Waals surface area contributed by atoms with Crippen molar-refractivity contribution in [2.24, 2.45) is 0 Å². The molecule has 1 aliphatic rings. The molecular weight excluding hydrogens is 343 g/mol. The second-order valence-electron chi connectivity index (χ2n) is 7.58. The van der Waals surface area contributed by atoms with Crippen molar-refractivity contribution in [3.05, 3.63) is 22.2 Å². The van der Waals surface area contributed by atoms with Gasteiger partial charge < -0.3 is 9.31 Å². The lowest BCUT2D eigenvalue weighted by Crippen LogP contribution is -2.41. The Labute approximate surface area is 153 Å². The predicted molar refractivity (Wildman–Crippen MR) is 101 cm³/mol. The zero-order valence-corrected chi connectivity index (χ0v) is 16.9. The van der Waals surface area contributed by atoms with Crippen LogP contribution < -0.4 is 5.46 Å². The fraction of sp³-hybridized carbons (Fsp3) is 0.588. The molecule has 4 nitrogen and oxygen atoms in total. The smallest absolute Gasteiger partial charge is 0.399 e. The summed E-state index contributed by atoms with van der Waals surface area (Å²) in [7, 11) is -0.432. The van der Waals surface area contributed by atoms with Gasteiger partial charge in [0.25, 0.3) is 0 Å². The lowest BCUT2D eigenvalue weighted by Gasteiger charge is -2.32. The number of hydrogen-bond acceptors (Lipinski definition) is 4. The Kier molecular flexibility index (Phi) is 4.40. The second kappa shape index (κ2) is 5.87. The maximum Gasteiger partial charge on any atom is 0.499 e. The van der Waals surface area contributed by atoms with Gasteiger partial charge in [-0.25, -0.2) is 0 Å². The van der Waals surface area contributed by atoms with Gasteiger partial charge in [-0.2, -0.15) is 5.10 Å². The molecule has 3 heterocycles. The van der Waals surface area contributed by atoms with E-state index < -0.39 is 7.12 Å². The lowest BCUT2D eigenvalue weighted by atomic mass is 9.76. The van der Waals surface area contributed by atoms with Crippen molar-refractivity contribution in [2.75, 3.05) is 0 Å². The van der Waals surface area contributed by atoms with Crippen molar-refractivity contribution < 1.29 is 9.31 Å². The summed E-state index contributed by atoms with van der Waals surface area (Å²) in [6.07, 6.45) is 0. The van der Waals surface area contributed by atoms with E-state index in [1.807, 2.05) is 16.8 Å². The van der Waals surface area contributed by atoms with E-state index in [0.717, 1.165) is 26.1 Å². The predicted octanol–water partition coefficient (Wildman–Crippen LogP) is 4.45. The van der Waals surface area contributed by atoms with Gasteiger partial charge in [-0.05, 0) is 60.6 Å². The first-order chi connectivity index (χ1) is 11.0. The first-order valence-corrected chi connectivity index (χ1v) is 9.43. The van der Waals surface area contributed by atoms with E-state index in [1.54, 1.807) is 0 Å². The third-order valence-electron chi connectivity index (χ3n) is 4.98. The Balaban J connectivity index is 2.13. The average molecular weight is 367 g/mol. The first-order valence-electron chi connectivity index (χ1n) is 8.24. The van der Waals surface area contributed by atoms with Crippen molar-refractivity contribution in [1.82, 2.24) is 9.78 Å². The highest BCUT2D eigenvalue weighted by Gasteiger charge is 2.53. The van der Waals surface area contributed by atoms with Gasteiger partial charge in [0.1, 0.15) is 5.69 Å². The van der Waals surface area contributed by atoms with Gasteiger partial charge in [-0.15, -0.1) is 11.3 Å². The number of rotatable bonds is 3. The minimum absolute atomic E-state index is 0.260. The third kappa shape index (κ3) is 2.83. The standard InChI is InChI=1S/C17H24BClN2O2S/c1-10(2)21-11(3)14(15(20-21)12-8-9-13(19)24-12)18-22-16(4,5)17(6,7)23-18/h8-10H,1-7H3. The summed E-state index contributed by atoms with van der Waals surface area (Å²) in [5.41, 5.74) is 2.21. The Morgan fingerprint density at radius 3 is 2.21 bits per heavy atom. The molecule has 2 aromatic rings. The fourth-order valence-corrected chi connectivity index (χ4v) is 3.94. The van der Waals surface area contributed by atoms with Crippen LogP contribution in [0, 0.1) is 6.92 Å². The van der Waals surface area contributed by atoms with Crippen LogP contribution in [0.4, 0.5) is 0 Å². The van der Waals surface area contributed by atoms with Crippen molar-refractivity contribution in [3.8, 4) is 10.6 Å². The molecule has 0 N–H and O–H groups in total. The molecule has 24 heavy (non-hydrogen) atoms. The normalized spacial score (nSPS) is 19.5. The molecule has 0 aliphatic carbocycles. The summed E-state index contributed by atoms with van der Waals surface area (Å²) in [5, 5.41) is 4.84. The lowest BCUT2D eigenvalue weighted by molar-refractivity contribution is 0.00578. The van der Waals surface area contributed by atoms with Crippen LogP contribution in [-0.2, 0) is 9.31 Å². The molecule has 1 aliphatic heterocycles. The van der Waals surface area contributed by atoms with E-state index in [9.17, 15) is 0 Å². The number of nitrogens with zero attached hydrogens (tertiary/aromatic N) is 2. The number of hydrogen-bond donors (Lipinski definition) is 0. The molecule has 2 aromatic heterocycles. The maximum atomic E-state index is 6.29. The molecule has 3 rings (SSSR count). The van der Waals surface area contributed by atoms with E-state index in [2.05, 4.69) is 48.5 Å². The van der Waals surface area contributed by atoms with Crippen LogP contribution in [0.25, 0.3) is 10.6 Å². The van der Waals surface area contributed by atoms with Crippen LogP contribution in [0.5, 0.6) is 0 Å². The molecule has 0 atom stereocenters. The topological polar surface area (TPSA) is 36.3 Å². The Bertz CT molecular complexity index is 751. The van der Waals surface area contributed by atoms with Crippen molar-refractivity contribution in [2.45, 2.75) is 65.7 Å². The zero-order valence-electron chi connectivity index (χ0n) is 15.3. The molecule has 1 saturated heterocycles. The monoisotopic (exact) mass is 366 g/mol. The van der Waals surface area contributed by atoms with Crippen LogP contribution in [-0.4, -0.2) is 28.1 Å². The molecule has 0 saturated carbocycles. The Hall–Kier alpha value is -0.815. The number of halogens is 1. The number of aromatic nitrogens is 2. The van der Waals surface area contributed by atoms with Gasteiger partial charge in [0.2, 0.25) is 0 Å². The molecule has 0 unspecified atom stereocenters. The van der Waals surface area contributed by atoms with Crippen LogP contribution in [0.3, 0.4) is 0 Å². The van der Waals surface area contributed by atoms with Gasteiger partial charge in [0, 0.05) is 17.2 Å². The van der Waals surface area contributed by atoms with E-state index in [4.69, 9.17) is 26.0 Å². The summed E-state index contributed by atoms with van der Waals surface area (Å²) in [5.74, 6) is 0. The summed E-state index contributed by atoms with van der Waals surface area (Å²) < 4.78 is 15.4. The third-order valence-corrected chi connectivity index (χ3v) is 6.22. The first kappa shape index (κ1) is 18.0. The van der Waals surface area contributed by atoms with Crippen LogP contribution in [0.1, 0.15) is 53.3 Å². The average Bonchev–Trinajstić information content (AvgIpc) is 3.05. The number of thiophene rings is 1. The van der Waals surface area contributed by atoms with Crippen molar-refractivity contribution >= 4 is 35.5 Å². The Morgan fingerprint density at radius 1 is 1.17 bits per heavy atom. The van der Waals surface area contributed by atoms with Gasteiger partial charge in [0.05, 0.1) is 20.4 Å². The molecule has 7 heteroatoms. The molecule has 0 spiro atoms. The summed E-state index contributed by atoms with van der Waals surface area (Å²) in [6, 6.07) is 4.17. The summed E-state index contributed by atoms with van der Waals surface area (Å²) in [6.45, 7) is 14.6. The quantitative estimate of drug-likeness (QED) is 0.753. The van der Waals surface area contributed by atoms with Crippen molar-refractivity contribution in [1.29, 1.82) is 0 Å². The highest BCUT2D eigenvalue weighted by atomic mass is 35.5. The van der Waals surface area contributed by atoms with Crippen LogP contribution in [0.2, 0.25) is 4.34 Å². The van der Waals surface area contributed by atoms with E-state index in [1.165, 1.54) is 11.3 Å². The molecule has 0 radical (unpaired) electrons. The molecule has 130 valence electrons. The second-order valence-corrected chi connectivity index (χ2v) is 9.29. The van der Waals surface area contributed by atoms with E-state index >= 15 is 0 Å². The van der Waals surface area contributed by atoms with E-state index in [0.29, 0.717) is 0 Å². The molecule has 0 aromatic carbocycles. The summed E-state index contributed by atoms with van der Waals surface area (Å²) >= 11 is 7.67. The van der Waals surface area contributed by atoms with Gasteiger partial charge >= 0.3 is 7.12 Å². The van der Waals surface area contributed by atoms with E-state index in [-0.39, 0.29) is 17.2 Å². The minimum atomic E-state index is -0.432. The molecule has 0 amide bonds. The highest BCUT2D eigenvalue weighted by molar-refractivity contribution is 7.19. The molecule has 1 fully saturated rings. The van der Waals surface area contributed by atoms with Gasteiger partial charge in [0.15, 0.2) is 0 Å². The fourth-order valence-electron chi connectivity index (χ4n) is 2.90. The maximum absolute atomic E-state index is 6.29. The zero-order chi connectivity index (χ0) is 17.9. The van der Waals surface area contributed by atoms with Gasteiger partial charge in [-0.3, -0.25) is 4.68 Å². The van der Waals surface area contributed by atoms with Crippen molar-refractivity contribution in [3.63, 3.8) is 0 Å². The molecule has 0 bridgehead atoms. The SMILES string of the molecule is Cc1c(B2OC(C)(C)C(C)(C)O2)c(-c2ccc(Cl)s2)nn1C(C)C. The minimum Gasteiger partial charge on any atom is -0.399 e. The Morgan fingerprint density at radius 2 is 1.75 bits per heavy atom. The highest BCUT2D eigenvalue weighted by Crippen LogP contribution is 2.38. The van der Waals surface area contributed by atoms with Crippen LogP contribution in [0.15, 0.2) is 12.1 Å². The van der Waals surface area contributed by atoms with Gasteiger partial charge in [-0.1, -0.05) is 11.6 Å². The summed E-state index contributed by atoms with van der Waals surface area (Å²) in [4.78, 5) is 1.03. The molecular formula is C17H24BClN2O2S. The largest absolute Gasteiger partial charge is 0.499 e.